The zero-order chi connectivity index (χ0) is 15.5. The fourth-order valence-corrected chi connectivity index (χ4v) is 2.49. The summed E-state index contributed by atoms with van der Waals surface area (Å²) in [6, 6.07) is 13.3. The lowest BCUT2D eigenvalue weighted by Crippen LogP contribution is -2.15. The molecule has 1 aromatic heterocycles. The molecule has 0 bridgehead atoms. The van der Waals surface area contributed by atoms with Crippen LogP contribution in [0.25, 0.3) is 10.9 Å². The first-order valence-corrected chi connectivity index (χ1v) is 7.22. The van der Waals surface area contributed by atoms with Crippen LogP contribution in [-0.2, 0) is 0 Å². The molecular weight excluding hydrogens is 303 g/mol. The molecule has 0 aliphatic heterocycles. The Labute approximate surface area is 132 Å². The minimum absolute atomic E-state index is 0.0767. The van der Waals surface area contributed by atoms with Crippen molar-refractivity contribution in [3.8, 4) is 0 Å². The molecule has 2 N–H and O–H groups in total. The lowest BCUT2D eigenvalue weighted by atomic mass is 10.1. The van der Waals surface area contributed by atoms with Gasteiger partial charge in [0.15, 0.2) is 0 Å². The Morgan fingerprint density at radius 1 is 1.14 bits per heavy atom. The minimum atomic E-state index is -0.325. The van der Waals surface area contributed by atoms with Crippen molar-refractivity contribution in [1.29, 1.82) is 0 Å². The average Bonchev–Trinajstić information content (AvgIpc) is 2.53. The Hall–Kier alpha value is -2.17. The smallest absolute Gasteiger partial charge is 0.125 e. The third-order valence-electron chi connectivity index (χ3n) is 3.49. The summed E-state index contributed by atoms with van der Waals surface area (Å²) in [4.78, 5) is 4.16. The summed E-state index contributed by atoms with van der Waals surface area (Å²) >= 11 is 5.89. The number of halogens is 2. The van der Waals surface area contributed by atoms with Gasteiger partial charge >= 0.3 is 0 Å². The maximum absolute atomic E-state index is 13.3. The predicted octanol–water partition coefficient (Wildman–Crippen LogP) is 4.17. The molecule has 3 nitrogen and oxygen atoms in total. The van der Waals surface area contributed by atoms with Gasteiger partial charge in [-0.05, 0) is 35.9 Å². The second kappa shape index (κ2) is 6.30. The van der Waals surface area contributed by atoms with Crippen LogP contribution in [-0.4, -0.2) is 16.7 Å². The monoisotopic (exact) mass is 316 g/mol. The molecule has 0 radical (unpaired) electrons. The SMILES string of the molecule is OC[C@H](Nc1ccnc2cc(F)ccc12)c1ccc(Cl)cc1. The fraction of sp³-hybridized carbons (Fsp3) is 0.118. The summed E-state index contributed by atoms with van der Waals surface area (Å²) in [5.74, 6) is -0.325. The Kier molecular flexibility index (Phi) is 4.22. The Morgan fingerprint density at radius 3 is 2.64 bits per heavy atom. The average molecular weight is 317 g/mol. The third kappa shape index (κ3) is 3.03. The van der Waals surface area contributed by atoms with Crippen LogP contribution >= 0.6 is 11.6 Å². The number of anilines is 1. The maximum Gasteiger partial charge on any atom is 0.125 e. The number of benzene rings is 2. The molecule has 0 saturated carbocycles. The fourth-order valence-electron chi connectivity index (χ4n) is 2.36. The van der Waals surface area contributed by atoms with E-state index < -0.39 is 0 Å². The van der Waals surface area contributed by atoms with Crippen molar-refractivity contribution in [2.24, 2.45) is 0 Å². The van der Waals surface area contributed by atoms with Gasteiger partial charge in [-0.15, -0.1) is 0 Å². The molecule has 5 heteroatoms. The van der Waals surface area contributed by atoms with Crippen LogP contribution in [0.5, 0.6) is 0 Å². The van der Waals surface area contributed by atoms with Gasteiger partial charge in [-0.2, -0.15) is 0 Å². The predicted molar refractivity (Wildman–Crippen MR) is 86.6 cm³/mol. The standard InChI is InChI=1S/C17H14ClFN2O/c18-12-3-1-11(2-4-12)17(10-22)21-15-7-8-20-16-9-13(19)5-6-14(15)16/h1-9,17,22H,10H2,(H,20,21)/t17-/m0/s1. The first kappa shape index (κ1) is 14.8. The molecule has 22 heavy (non-hydrogen) atoms. The van der Waals surface area contributed by atoms with Gasteiger partial charge in [0.1, 0.15) is 5.82 Å². The second-order valence-electron chi connectivity index (χ2n) is 4.95. The van der Waals surface area contributed by atoms with Crippen LogP contribution in [0.15, 0.2) is 54.7 Å². The normalized spacial score (nSPS) is 12.3. The zero-order valence-electron chi connectivity index (χ0n) is 11.6. The van der Waals surface area contributed by atoms with E-state index in [9.17, 15) is 9.50 Å². The molecule has 112 valence electrons. The van der Waals surface area contributed by atoms with Gasteiger partial charge in [-0.1, -0.05) is 23.7 Å². The lowest BCUT2D eigenvalue weighted by Gasteiger charge is -2.19. The van der Waals surface area contributed by atoms with Crippen molar-refractivity contribution in [2.75, 3.05) is 11.9 Å². The van der Waals surface area contributed by atoms with Crippen LogP contribution in [0.3, 0.4) is 0 Å². The van der Waals surface area contributed by atoms with Crippen LogP contribution in [0.2, 0.25) is 5.02 Å². The van der Waals surface area contributed by atoms with E-state index in [0.717, 1.165) is 16.6 Å². The largest absolute Gasteiger partial charge is 0.394 e. The highest BCUT2D eigenvalue weighted by molar-refractivity contribution is 6.30. The van der Waals surface area contributed by atoms with E-state index in [0.29, 0.717) is 10.5 Å². The van der Waals surface area contributed by atoms with Gasteiger partial charge in [0.2, 0.25) is 0 Å². The maximum atomic E-state index is 13.3. The van der Waals surface area contributed by atoms with Gasteiger partial charge in [-0.3, -0.25) is 4.98 Å². The second-order valence-corrected chi connectivity index (χ2v) is 5.39. The molecule has 0 saturated heterocycles. The topological polar surface area (TPSA) is 45.1 Å². The van der Waals surface area contributed by atoms with Crippen molar-refractivity contribution in [2.45, 2.75) is 6.04 Å². The van der Waals surface area contributed by atoms with Gasteiger partial charge in [0.25, 0.3) is 0 Å². The van der Waals surface area contributed by atoms with Crippen LogP contribution < -0.4 is 5.32 Å². The molecule has 0 aliphatic carbocycles. The van der Waals surface area contributed by atoms with Gasteiger partial charge in [0.05, 0.1) is 18.2 Å². The summed E-state index contributed by atoms with van der Waals surface area (Å²) in [6.45, 7) is -0.0767. The quantitative estimate of drug-likeness (QED) is 0.759. The van der Waals surface area contributed by atoms with Gasteiger partial charge in [0, 0.05) is 28.4 Å². The highest BCUT2D eigenvalue weighted by Crippen LogP contribution is 2.27. The summed E-state index contributed by atoms with van der Waals surface area (Å²) in [5, 5.41) is 14.4. The van der Waals surface area contributed by atoms with E-state index >= 15 is 0 Å². The summed E-state index contributed by atoms with van der Waals surface area (Å²) in [6.07, 6.45) is 1.61. The molecule has 0 fully saturated rings. The highest BCUT2D eigenvalue weighted by atomic mass is 35.5. The van der Waals surface area contributed by atoms with Crippen molar-refractivity contribution < 1.29 is 9.50 Å². The molecule has 3 aromatic rings. The third-order valence-corrected chi connectivity index (χ3v) is 3.74. The van der Waals surface area contributed by atoms with Crippen molar-refractivity contribution in [3.05, 3.63) is 71.1 Å². The number of aromatic nitrogens is 1. The first-order chi connectivity index (χ1) is 10.7. The van der Waals surface area contributed by atoms with Gasteiger partial charge < -0.3 is 10.4 Å². The molecule has 3 rings (SSSR count). The Bertz CT molecular complexity index is 792. The van der Waals surface area contributed by atoms with E-state index in [-0.39, 0.29) is 18.5 Å². The van der Waals surface area contributed by atoms with E-state index in [2.05, 4.69) is 10.3 Å². The summed E-state index contributed by atoms with van der Waals surface area (Å²) in [5.41, 5.74) is 2.27. The molecule has 0 aliphatic rings. The highest BCUT2D eigenvalue weighted by Gasteiger charge is 2.12. The Morgan fingerprint density at radius 2 is 1.91 bits per heavy atom. The molecule has 0 unspecified atom stereocenters. The number of aliphatic hydroxyl groups is 1. The number of hydrogen-bond donors (Lipinski definition) is 2. The Balaban J connectivity index is 1.95. The number of fused-ring (bicyclic) bond motifs is 1. The lowest BCUT2D eigenvalue weighted by molar-refractivity contribution is 0.276. The molecular formula is C17H14ClFN2O. The number of rotatable bonds is 4. The minimum Gasteiger partial charge on any atom is -0.394 e. The van der Waals surface area contributed by atoms with Crippen molar-refractivity contribution in [1.82, 2.24) is 4.98 Å². The van der Waals surface area contributed by atoms with Crippen LogP contribution in [0, 0.1) is 5.82 Å². The molecule has 0 amide bonds. The summed E-state index contributed by atoms with van der Waals surface area (Å²) < 4.78 is 13.3. The van der Waals surface area contributed by atoms with Crippen LogP contribution in [0.1, 0.15) is 11.6 Å². The van der Waals surface area contributed by atoms with E-state index in [4.69, 9.17) is 11.6 Å². The molecule has 2 aromatic carbocycles. The summed E-state index contributed by atoms with van der Waals surface area (Å²) in [7, 11) is 0. The van der Waals surface area contributed by atoms with E-state index in [1.807, 2.05) is 12.1 Å². The molecule has 0 spiro atoms. The van der Waals surface area contributed by atoms with Gasteiger partial charge in [-0.25, -0.2) is 4.39 Å². The number of hydrogen-bond acceptors (Lipinski definition) is 3. The number of pyridine rings is 1. The number of nitrogens with one attached hydrogen (secondary N) is 1. The first-order valence-electron chi connectivity index (χ1n) is 6.84. The number of aliphatic hydroxyl groups excluding tert-OH is 1. The van der Waals surface area contributed by atoms with Crippen molar-refractivity contribution >= 4 is 28.2 Å². The van der Waals surface area contributed by atoms with E-state index in [1.165, 1.54) is 12.1 Å². The molecule has 1 atom stereocenters. The molecule has 1 heterocycles. The van der Waals surface area contributed by atoms with Crippen LogP contribution in [0.4, 0.5) is 10.1 Å². The van der Waals surface area contributed by atoms with Crippen molar-refractivity contribution in [3.63, 3.8) is 0 Å². The number of nitrogens with zero attached hydrogens (tertiary/aromatic N) is 1. The zero-order valence-corrected chi connectivity index (χ0v) is 12.4. The van der Waals surface area contributed by atoms with E-state index in [1.54, 1.807) is 30.5 Å².